The summed E-state index contributed by atoms with van der Waals surface area (Å²) in [6.45, 7) is 1.96. The molecule has 0 saturated heterocycles. The number of carbonyl (C=O) groups is 1. The Labute approximate surface area is 81.0 Å². The lowest BCUT2D eigenvalue weighted by atomic mass is 10.2. The summed E-state index contributed by atoms with van der Waals surface area (Å²) in [6.07, 6.45) is -0.706. The van der Waals surface area contributed by atoms with Gasteiger partial charge < -0.3 is 9.84 Å². The number of methoxy groups -OCH3 is 1. The van der Waals surface area contributed by atoms with Crippen LogP contribution in [0, 0.1) is 6.92 Å². The van der Waals surface area contributed by atoms with E-state index in [1.165, 1.54) is 18.4 Å². The Balaban J connectivity index is 2.58. The molecule has 1 aromatic rings. The quantitative estimate of drug-likeness (QED) is 0.755. The summed E-state index contributed by atoms with van der Waals surface area (Å²) in [7, 11) is 1.31. The number of carbonyl (C=O) groups excluding carboxylic acids is 1. The van der Waals surface area contributed by atoms with Crippen LogP contribution in [0.3, 0.4) is 0 Å². The fourth-order valence-electron chi connectivity index (χ4n) is 0.974. The summed E-state index contributed by atoms with van der Waals surface area (Å²) in [5, 5.41) is 9.54. The Morgan fingerprint density at radius 1 is 1.69 bits per heavy atom. The van der Waals surface area contributed by atoms with Gasteiger partial charge in [-0.15, -0.1) is 11.3 Å². The molecule has 0 spiro atoms. The maximum Gasteiger partial charge on any atom is 0.308 e. The van der Waals surface area contributed by atoms with Crippen molar-refractivity contribution in [2.24, 2.45) is 0 Å². The van der Waals surface area contributed by atoms with Crippen LogP contribution in [0.5, 0.6) is 0 Å². The third kappa shape index (κ3) is 2.82. The van der Waals surface area contributed by atoms with Crippen LogP contribution >= 0.6 is 11.3 Å². The average Bonchev–Trinajstić information content (AvgIpc) is 2.51. The number of aliphatic hydroxyl groups excluding tert-OH is 1. The second kappa shape index (κ2) is 4.39. The monoisotopic (exact) mass is 200 g/mol. The standard InChI is InChI=1S/C9H12O3S/c1-6-3-4-8(13-6)7(10)5-9(11)12-2/h3-4,7,10H,5H2,1-2H3. The summed E-state index contributed by atoms with van der Waals surface area (Å²) >= 11 is 1.49. The molecule has 1 N–H and O–H groups in total. The lowest BCUT2D eigenvalue weighted by Crippen LogP contribution is -2.06. The van der Waals surface area contributed by atoms with Gasteiger partial charge in [0.05, 0.1) is 19.6 Å². The van der Waals surface area contributed by atoms with Crippen molar-refractivity contribution in [1.82, 2.24) is 0 Å². The van der Waals surface area contributed by atoms with E-state index in [0.29, 0.717) is 0 Å². The molecule has 1 aromatic heterocycles. The van der Waals surface area contributed by atoms with Crippen molar-refractivity contribution < 1.29 is 14.6 Å². The van der Waals surface area contributed by atoms with E-state index < -0.39 is 12.1 Å². The molecule has 0 saturated carbocycles. The van der Waals surface area contributed by atoms with E-state index in [2.05, 4.69) is 4.74 Å². The Kier molecular flexibility index (Phi) is 3.45. The van der Waals surface area contributed by atoms with Gasteiger partial charge in [-0.2, -0.15) is 0 Å². The molecule has 72 valence electrons. The maximum atomic E-state index is 10.8. The smallest absolute Gasteiger partial charge is 0.308 e. The van der Waals surface area contributed by atoms with E-state index in [1.807, 2.05) is 19.1 Å². The zero-order chi connectivity index (χ0) is 9.84. The lowest BCUT2D eigenvalue weighted by Gasteiger charge is -2.05. The van der Waals surface area contributed by atoms with Crippen LogP contribution in [0.4, 0.5) is 0 Å². The van der Waals surface area contributed by atoms with Crippen LogP contribution in [0.25, 0.3) is 0 Å². The molecule has 0 fully saturated rings. The largest absolute Gasteiger partial charge is 0.469 e. The van der Waals surface area contributed by atoms with E-state index in [-0.39, 0.29) is 6.42 Å². The first kappa shape index (κ1) is 10.2. The van der Waals surface area contributed by atoms with Gasteiger partial charge in [0.1, 0.15) is 0 Å². The number of aryl methyl sites for hydroxylation is 1. The number of aliphatic hydroxyl groups is 1. The Morgan fingerprint density at radius 3 is 2.85 bits per heavy atom. The summed E-state index contributed by atoms with van der Waals surface area (Å²) in [6, 6.07) is 3.74. The van der Waals surface area contributed by atoms with E-state index in [4.69, 9.17) is 0 Å². The summed E-state index contributed by atoms with van der Waals surface area (Å²) in [5.41, 5.74) is 0. The molecule has 3 nitrogen and oxygen atoms in total. The van der Waals surface area contributed by atoms with Gasteiger partial charge in [0, 0.05) is 9.75 Å². The number of hydrogen-bond donors (Lipinski definition) is 1. The molecule has 1 rings (SSSR count). The van der Waals surface area contributed by atoms with Crippen LogP contribution in [0.2, 0.25) is 0 Å². The van der Waals surface area contributed by atoms with Gasteiger partial charge in [0.15, 0.2) is 0 Å². The SMILES string of the molecule is COC(=O)CC(O)c1ccc(C)s1. The first-order valence-corrected chi connectivity index (χ1v) is 4.76. The summed E-state index contributed by atoms with van der Waals surface area (Å²) in [5.74, 6) is -0.390. The van der Waals surface area contributed by atoms with E-state index in [1.54, 1.807) is 0 Å². The summed E-state index contributed by atoms with van der Waals surface area (Å²) in [4.78, 5) is 12.8. The van der Waals surface area contributed by atoms with Crippen molar-refractivity contribution in [3.05, 3.63) is 21.9 Å². The fraction of sp³-hybridized carbons (Fsp3) is 0.444. The van der Waals surface area contributed by atoms with Gasteiger partial charge in [0.25, 0.3) is 0 Å². The number of rotatable bonds is 3. The molecule has 0 aliphatic heterocycles. The van der Waals surface area contributed by atoms with Gasteiger partial charge in [-0.3, -0.25) is 4.79 Å². The van der Waals surface area contributed by atoms with E-state index in [9.17, 15) is 9.90 Å². The molecule has 13 heavy (non-hydrogen) atoms. The minimum Gasteiger partial charge on any atom is -0.469 e. The van der Waals surface area contributed by atoms with E-state index in [0.717, 1.165) is 9.75 Å². The molecule has 0 amide bonds. The van der Waals surface area contributed by atoms with Crippen LogP contribution in [0.1, 0.15) is 22.3 Å². The van der Waals surface area contributed by atoms with Crippen molar-refractivity contribution in [2.45, 2.75) is 19.4 Å². The fourth-order valence-corrected chi connectivity index (χ4v) is 1.84. The predicted octanol–water partition coefficient (Wildman–Crippen LogP) is 1.65. The first-order chi connectivity index (χ1) is 6.13. The lowest BCUT2D eigenvalue weighted by molar-refractivity contribution is -0.142. The summed E-state index contributed by atoms with van der Waals surface area (Å²) < 4.78 is 4.45. The van der Waals surface area contributed by atoms with Gasteiger partial charge in [0.2, 0.25) is 0 Å². The highest BCUT2D eigenvalue weighted by Crippen LogP contribution is 2.24. The zero-order valence-corrected chi connectivity index (χ0v) is 8.43. The molecule has 0 aromatic carbocycles. The second-order valence-corrected chi connectivity index (χ2v) is 4.06. The van der Waals surface area contributed by atoms with Crippen LogP contribution < -0.4 is 0 Å². The van der Waals surface area contributed by atoms with Crippen molar-refractivity contribution >= 4 is 17.3 Å². The highest BCUT2D eigenvalue weighted by molar-refractivity contribution is 7.12. The maximum absolute atomic E-state index is 10.8. The van der Waals surface area contributed by atoms with Gasteiger partial charge in [-0.05, 0) is 19.1 Å². The molecular formula is C9H12O3S. The second-order valence-electron chi connectivity index (χ2n) is 2.74. The topological polar surface area (TPSA) is 46.5 Å². The van der Waals surface area contributed by atoms with Crippen LogP contribution in [-0.4, -0.2) is 18.2 Å². The average molecular weight is 200 g/mol. The molecule has 1 atom stereocenters. The normalized spacial score (nSPS) is 12.5. The third-order valence-electron chi connectivity index (χ3n) is 1.68. The van der Waals surface area contributed by atoms with E-state index >= 15 is 0 Å². The zero-order valence-electron chi connectivity index (χ0n) is 7.61. The number of thiophene rings is 1. The minimum absolute atomic E-state index is 0.0243. The van der Waals surface area contributed by atoms with Gasteiger partial charge >= 0.3 is 5.97 Å². The van der Waals surface area contributed by atoms with Crippen molar-refractivity contribution in [2.75, 3.05) is 7.11 Å². The highest BCUT2D eigenvalue weighted by Gasteiger charge is 2.14. The first-order valence-electron chi connectivity index (χ1n) is 3.94. The molecule has 1 heterocycles. The number of hydrogen-bond acceptors (Lipinski definition) is 4. The Bertz CT molecular complexity index is 293. The number of esters is 1. The van der Waals surface area contributed by atoms with Crippen LogP contribution in [-0.2, 0) is 9.53 Å². The van der Waals surface area contributed by atoms with Gasteiger partial charge in [-0.25, -0.2) is 0 Å². The molecule has 1 unspecified atom stereocenters. The third-order valence-corrected chi connectivity index (χ3v) is 2.78. The predicted molar refractivity (Wildman–Crippen MR) is 50.6 cm³/mol. The van der Waals surface area contributed by atoms with Crippen molar-refractivity contribution in [3.63, 3.8) is 0 Å². The Hall–Kier alpha value is -0.870. The van der Waals surface area contributed by atoms with Crippen LogP contribution in [0.15, 0.2) is 12.1 Å². The molecule has 0 aliphatic rings. The molecule has 0 bridgehead atoms. The highest BCUT2D eigenvalue weighted by atomic mass is 32.1. The number of ether oxygens (including phenoxy) is 1. The minimum atomic E-state index is -0.730. The van der Waals surface area contributed by atoms with Gasteiger partial charge in [-0.1, -0.05) is 0 Å². The molecule has 0 aliphatic carbocycles. The Morgan fingerprint density at radius 2 is 2.38 bits per heavy atom. The molecular weight excluding hydrogens is 188 g/mol. The molecule has 0 radical (unpaired) electrons. The van der Waals surface area contributed by atoms with Crippen molar-refractivity contribution in [3.8, 4) is 0 Å². The molecule has 4 heteroatoms. The van der Waals surface area contributed by atoms with Crippen molar-refractivity contribution in [1.29, 1.82) is 0 Å².